The molecule has 4 heteroatoms. The third kappa shape index (κ3) is 2.39. The van der Waals surface area contributed by atoms with Crippen LogP contribution in [0.5, 0.6) is 0 Å². The first-order valence-corrected chi connectivity index (χ1v) is 4.36. The number of benzene rings is 1. The molecular formula is C9H6BrFO2. The Bertz CT molecular complexity index is 361. The molecule has 0 fully saturated rings. The van der Waals surface area contributed by atoms with E-state index >= 15 is 0 Å². The van der Waals surface area contributed by atoms with Crippen LogP contribution in [0.25, 0.3) is 6.08 Å². The summed E-state index contributed by atoms with van der Waals surface area (Å²) in [4.78, 5) is 12.0. The summed E-state index contributed by atoms with van der Waals surface area (Å²) in [7, 11) is 0. The molecule has 0 saturated carbocycles. The molecule has 2 nitrogen and oxygen atoms in total. The topological polar surface area (TPSA) is 37.3 Å². The first kappa shape index (κ1) is 9.92. The van der Waals surface area contributed by atoms with Crippen LogP contribution in [0.3, 0.4) is 0 Å². The SMILES string of the molecule is O=C(O)c1ccc(/C=C/Br)cc1F. The molecular weight excluding hydrogens is 239 g/mol. The molecule has 0 aliphatic rings. The zero-order valence-corrected chi connectivity index (χ0v) is 8.08. The Labute approximate surface area is 82.8 Å². The van der Waals surface area contributed by atoms with Crippen LogP contribution in [-0.4, -0.2) is 11.1 Å². The van der Waals surface area contributed by atoms with Gasteiger partial charge in [0.1, 0.15) is 5.82 Å². The number of carboxylic acid groups (broad SMARTS) is 1. The maximum Gasteiger partial charge on any atom is 0.338 e. The number of hydrogen-bond donors (Lipinski definition) is 1. The standard InChI is InChI=1S/C9H6BrFO2/c10-4-3-6-1-2-7(9(12)13)8(11)5-6/h1-5H,(H,12,13)/b4-3+. The molecule has 0 heterocycles. The fourth-order valence-corrected chi connectivity index (χ4v) is 1.19. The molecule has 1 aromatic rings. The summed E-state index contributed by atoms with van der Waals surface area (Å²) in [6.07, 6.45) is 1.62. The van der Waals surface area contributed by atoms with E-state index in [1.807, 2.05) is 0 Å². The molecule has 0 saturated heterocycles. The van der Waals surface area contributed by atoms with Gasteiger partial charge >= 0.3 is 5.97 Å². The van der Waals surface area contributed by atoms with Crippen molar-refractivity contribution in [2.75, 3.05) is 0 Å². The van der Waals surface area contributed by atoms with Crippen molar-refractivity contribution in [1.82, 2.24) is 0 Å². The second-order valence-electron chi connectivity index (χ2n) is 2.34. The zero-order chi connectivity index (χ0) is 9.84. The lowest BCUT2D eigenvalue weighted by molar-refractivity contribution is 0.0692. The summed E-state index contributed by atoms with van der Waals surface area (Å²) >= 11 is 3.04. The average molecular weight is 245 g/mol. The number of carboxylic acids is 1. The Balaban J connectivity index is 3.12. The van der Waals surface area contributed by atoms with Crippen molar-refractivity contribution in [3.8, 4) is 0 Å². The summed E-state index contributed by atoms with van der Waals surface area (Å²) in [5, 5.41) is 8.52. The van der Waals surface area contributed by atoms with Crippen molar-refractivity contribution in [2.45, 2.75) is 0 Å². The zero-order valence-electron chi connectivity index (χ0n) is 6.50. The second-order valence-corrected chi connectivity index (χ2v) is 2.87. The van der Waals surface area contributed by atoms with Crippen molar-refractivity contribution in [2.24, 2.45) is 0 Å². The van der Waals surface area contributed by atoms with E-state index in [2.05, 4.69) is 15.9 Å². The van der Waals surface area contributed by atoms with E-state index in [0.29, 0.717) is 5.56 Å². The van der Waals surface area contributed by atoms with Crippen LogP contribution in [0.4, 0.5) is 4.39 Å². The van der Waals surface area contributed by atoms with Crippen LogP contribution in [0.2, 0.25) is 0 Å². The minimum absolute atomic E-state index is 0.313. The van der Waals surface area contributed by atoms with E-state index in [9.17, 15) is 9.18 Å². The van der Waals surface area contributed by atoms with E-state index in [1.54, 1.807) is 11.1 Å². The Hall–Kier alpha value is -1.16. The molecule has 1 aromatic carbocycles. The monoisotopic (exact) mass is 244 g/mol. The van der Waals surface area contributed by atoms with E-state index < -0.39 is 11.8 Å². The van der Waals surface area contributed by atoms with E-state index in [-0.39, 0.29) is 5.56 Å². The number of hydrogen-bond acceptors (Lipinski definition) is 1. The van der Waals surface area contributed by atoms with Crippen LogP contribution in [0.1, 0.15) is 15.9 Å². The van der Waals surface area contributed by atoms with E-state index in [4.69, 9.17) is 5.11 Å². The molecule has 0 unspecified atom stereocenters. The first-order chi connectivity index (χ1) is 6.15. The molecule has 0 spiro atoms. The normalized spacial score (nSPS) is 10.6. The number of halogens is 2. The summed E-state index contributed by atoms with van der Waals surface area (Å²) in [5.74, 6) is -1.98. The van der Waals surface area contributed by atoms with Gasteiger partial charge in [-0.2, -0.15) is 0 Å². The van der Waals surface area contributed by atoms with Gasteiger partial charge in [-0.25, -0.2) is 9.18 Å². The van der Waals surface area contributed by atoms with Gasteiger partial charge in [0.15, 0.2) is 0 Å². The fourth-order valence-electron chi connectivity index (χ4n) is 0.881. The Kier molecular flexibility index (Phi) is 3.19. The minimum atomic E-state index is -1.26. The quantitative estimate of drug-likeness (QED) is 0.869. The molecule has 0 atom stereocenters. The maximum atomic E-state index is 13.0. The van der Waals surface area contributed by atoms with Gasteiger partial charge < -0.3 is 5.11 Å². The highest BCUT2D eigenvalue weighted by Crippen LogP contribution is 2.12. The summed E-state index contributed by atoms with van der Waals surface area (Å²) < 4.78 is 13.0. The molecule has 0 aliphatic carbocycles. The van der Waals surface area contributed by atoms with Gasteiger partial charge in [-0.1, -0.05) is 22.0 Å². The lowest BCUT2D eigenvalue weighted by Crippen LogP contribution is -1.99. The molecule has 68 valence electrons. The highest BCUT2D eigenvalue weighted by Gasteiger charge is 2.08. The number of aromatic carboxylic acids is 1. The Morgan fingerprint density at radius 3 is 2.69 bits per heavy atom. The molecule has 0 aromatic heterocycles. The van der Waals surface area contributed by atoms with Crippen molar-refractivity contribution in [3.63, 3.8) is 0 Å². The minimum Gasteiger partial charge on any atom is -0.478 e. The predicted molar refractivity (Wildman–Crippen MR) is 51.3 cm³/mol. The molecule has 0 aliphatic heterocycles. The molecule has 0 bridgehead atoms. The van der Waals surface area contributed by atoms with Crippen molar-refractivity contribution in [3.05, 3.63) is 40.1 Å². The molecule has 13 heavy (non-hydrogen) atoms. The van der Waals surface area contributed by atoms with Crippen molar-refractivity contribution >= 4 is 28.0 Å². The van der Waals surface area contributed by atoms with Crippen LogP contribution < -0.4 is 0 Å². The third-order valence-electron chi connectivity index (χ3n) is 1.48. The van der Waals surface area contributed by atoms with E-state index in [0.717, 1.165) is 0 Å². The van der Waals surface area contributed by atoms with Gasteiger partial charge in [0, 0.05) is 0 Å². The van der Waals surface area contributed by atoms with Gasteiger partial charge in [0.05, 0.1) is 5.56 Å². The molecule has 0 radical (unpaired) electrons. The lowest BCUT2D eigenvalue weighted by Gasteiger charge is -1.97. The molecule has 1 N–H and O–H groups in total. The number of carbonyl (C=O) groups is 1. The highest BCUT2D eigenvalue weighted by molar-refractivity contribution is 9.11. The smallest absolute Gasteiger partial charge is 0.338 e. The lowest BCUT2D eigenvalue weighted by atomic mass is 10.1. The largest absolute Gasteiger partial charge is 0.478 e. The van der Waals surface area contributed by atoms with Crippen LogP contribution in [-0.2, 0) is 0 Å². The molecule has 0 amide bonds. The first-order valence-electron chi connectivity index (χ1n) is 3.44. The fraction of sp³-hybridized carbons (Fsp3) is 0. The van der Waals surface area contributed by atoms with Crippen LogP contribution in [0, 0.1) is 5.82 Å². The van der Waals surface area contributed by atoms with Gasteiger partial charge in [-0.3, -0.25) is 0 Å². The summed E-state index contributed by atoms with van der Waals surface area (Å²) in [6.45, 7) is 0. The number of rotatable bonds is 2. The Morgan fingerprint density at radius 1 is 1.54 bits per heavy atom. The molecule has 1 rings (SSSR count). The highest BCUT2D eigenvalue weighted by atomic mass is 79.9. The Morgan fingerprint density at radius 2 is 2.23 bits per heavy atom. The van der Waals surface area contributed by atoms with Gasteiger partial charge in [-0.15, -0.1) is 0 Å². The third-order valence-corrected chi connectivity index (χ3v) is 1.74. The maximum absolute atomic E-state index is 13.0. The van der Waals surface area contributed by atoms with Crippen LogP contribution >= 0.6 is 15.9 Å². The van der Waals surface area contributed by atoms with Crippen molar-refractivity contribution < 1.29 is 14.3 Å². The second kappa shape index (κ2) is 4.18. The summed E-state index contributed by atoms with van der Waals surface area (Å²) in [6, 6.07) is 3.94. The van der Waals surface area contributed by atoms with Gasteiger partial charge in [0.25, 0.3) is 0 Å². The predicted octanol–water partition coefficient (Wildman–Crippen LogP) is 2.89. The van der Waals surface area contributed by atoms with E-state index in [1.165, 1.54) is 18.2 Å². The average Bonchev–Trinajstić information content (AvgIpc) is 2.04. The van der Waals surface area contributed by atoms with Gasteiger partial charge in [-0.05, 0) is 28.8 Å². The van der Waals surface area contributed by atoms with Gasteiger partial charge in [0.2, 0.25) is 0 Å². The van der Waals surface area contributed by atoms with Crippen molar-refractivity contribution in [1.29, 1.82) is 0 Å². The van der Waals surface area contributed by atoms with Crippen LogP contribution in [0.15, 0.2) is 23.2 Å². The summed E-state index contributed by atoms with van der Waals surface area (Å²) in [5.41, 5.74) is 0.297.